The van der Waals surface area contributed by atoms with Gasteiger partial charge in [-0.15, -0.1) is 10.2 Å². The molecule has 0 aliphatic heterocycles. The van der Waals surface area contributed by atoms with Gasteiger partial charge in [0.05, 0.1) is 18.8 Å². The Morgan fingerprint density at radius 3 is 2.63 bits per heavy atom. The Morgan fingerprint density at radius 1 is 1.32 bits per heavy atom. The number of rotatable bonds is 4. The molecule has 7 nitrogen and oxygen atoms in total. The summed E-state index contributed by atoms with van der Waals surface area (Å²) < 4.78 is 11.8. The van der Waals surface area contributed by atoms with E-state index in [2.05, 4.69) is 15.4 Å². The molecular formula is C12H16N4O3. The number of hydrogen-bond acceptors (Lipinski definition) is 6. The standard InChI is InChI=1S/C12H16N4O3/c1-5-18-12(17)11-14-13-9(4)16(11)6-10-7(2)15-19-8(10)3/h5-6H2,1-4H3. The molecule has 0 aliphatic carbocycles. The van der Waals surface area contributed by atoms with Gasteiger partial charge in [-0.25, -0.2) is 4.79 Å². The van der Waals surface area contributed by atoms with Gasteiger partial charge in [0.2, 0.25) is 5.82 Å². The van der Waals surface area contributed by atoms with Gasteiger partial charge in [0, 0.05) is 5.56 Å². The third-order valence-corrected chi connectivity index (χ3v) is 2.89. The number of carbonyl (C=O) groups excluding carboxylic acids is 1. The number of aryl methyl sites for hydroxylation is 3. The Hall–Kier alpha value is -2.18. The molecule has 2 rings (SSSR count). The lowest BCUT2D eigenvalue weighted by atomic mass is 10.2. The fraction of sp³-hybridized carbons (Fsp3) is 0.500. The fourth-order valence-electron chi connectivity index (χ4n) is 1.80. The lowest BCUT2D eigenvalue weighted by Crippen LogP contribution is -2.15. The Labute approximate surface area is 110 Å². The van der Waals surface area contributed by atoms with E-state index < -0.39 is 5.97 Å². The number of aromatic nitrogens is 4. The molecule has 102 valence electrons. The van der Waals surface area contributed by atoms with Crippen molar-refractivity contribution >= 4 is 5.97 Å². The molecule has 2 heterocycles. The van der Waals surface area contributed by atoms with E-state index in [1.807, 2.05) is 13.8 Å². The lowest BCUT2D eigenvalue weighted by Gasteiger charge is -2.07. The highest BCUT2D eigenvalue weighted by atomic mass is 16.5. The number of carbonyl (C=O) groups is 1. The molecule has 0 saturated heterocycles. The van der Waals surface area contributed by atoms with E-state index in [1.54, 1.807) is 18.4 Å². The molecule has 0 spiro atoms. The SMILES string of the molecule is CCOC(=O)c1nnc(C)n1Cc1c(C)noc1C. The predicted octanol–water partition coefficient (Wildman–Crippen LogP) is 1.42. The smallest absolute Gasteiger partial charge is 0.376 e. The Morgan fingerprint density at radius 2 is 2.05 bits per heavy atom. The van der Waals surface area contributed by atoms with Crippen LogP contribution in [0, 0.1) is 20.8 Å². The van der Waals surface area contributed by atoms with Crippen LogP contribution in [-0.4, -0.2) is 32.5 Å². The monoisotopic (exact) mass is 264 g/mol. The van der Waals surface area contributed by atoms with Crippen molar-refractivity contribution in [2.75, 3.05) is 6.61 Å². The van der Waals surface area contributed by atoms with Gasteiger partial charge >= 0.3 is 5.97 Å². The van der Waals surface area contributed by atoms with Crippen LogP contribution in [0.15, 0.2) is 4.52 Å². The second kappa shape index (κ2) is 5.21. The Balaban J connectivity index is 2.35. The van der Waals surface area contributed by atoms with Crippen molar-refractivity contribution in [3.8, 4) is 0 Å². The van der Waals surface area contributed by atoms with Crippen molar-refractivity contribution in [1.29, 1.82) is 0 Å². The zero-order valence-electron chi connectivity index (χ0n) is 11.4. The average Bonchev–Trinajstić information content (AvgIpc) is 2.88. The molecular weight excluding hydrogens is 248 g/mol. The van der Waals surface area contributed by atoms with Gasteiger partial charge in [-0.2, -0.15) is 0 Å². The molecule has 7 heteroatoms. The average molecular weight is 264 g/mol. The summed E-state index contributed by atoms with van der Waals surface area (Å²) in [6.07, 6.45) is 0. The molecule has 0 bridgehead atoms. The van der Waals surface area contributed by atoms with E-state index in [0.717, 1.165) is 17.0 Å². The number of ether oxygens (including phenoxy) is 1. The second-order valence-electron chi connectivity index (χ2n) is 4.18. The molecule has 0 aliphatic rings. The second-order valence-corrected chi connectivity index (χ2v) is 4.18. The number of hydrogen-bond donors (Lipinski definition) is 0. The minimum atomic E-state index is -0.477. The summed E-state index contributed by atoms with van der Waals surface area (Å²) >= 11 is 0. The lowest BCUT2D eigenvalue weighted by molar-refractivity contribution is 0.0506. The zero-order valence-corrected chi connectivity index (χ0v) is 11.4. The van der Waals surface area contributed by atoms with E-state index in [9.17, 15) is 4.79 Å². The van der Waals surface area contributed by atoms with Gasteiger partial charge in [0.15, 0.2) is 0 Å². The first kappa shape index (κ1) is 13.3. The summed E-state index contributed by atoms with van der Waals surface area (Å²) in [5.74, 6) is 1.08. The summed E-state index contributed by atoms with van der Waals surface area (Å²) in [4.78, 5) is 11.8. The molecule has 0 aromatic carbocycles. The molecule has 0 unspecified atom stereocenters. The van der Waals surface area contributed by atoms with Crippen LogP contribution in [-0.2, 0) is 11.3 Å². The third kappa shape index (κ3) is 2.49. The maximum atomic E-state index is 11.8. The minimum absolute atomic E-state index is 0.194. The van der Waals surface area contributed by atoms with Gasteiger partial charge in [-0.05, 0) is 27.7 Å². The van der Waals surface area contributed by atoms with Gasteiger partial charge in [-0.3, -0.25) is 0 Å². The highest BCUT2D eigenvalue weighted by molar-refractivity contribution is 5.85. The summed E-state index contributed by atoms with van der Waals surface area (Å²) in [5.41, 5.74) is 1.72. The van der Waals surface area contributed by atoms with Crippen LogP contribution in [0.4, 0.5) is 0 Å². The van der Waals surface area contributed by atoms with Crippen LogP contribution >= 0.6 is 0 Å². The first-order valence-corrected chi connectivity index (χ1v) is 6.03. The highest BCUT2D eigenvalue weighted by Gasteiger charge is 2.20. The van der Waals surface area contributed by atoms with Crippen LogP contribution in [0.2, 0.25) is 0 Å². The third-order valence-electron chi connectivity index (χ3n) is 2.89. The molecule has 19 heavy (non-hydrogen) atoms. The summed E-state index contributed by atoms with van der Waals surface area (Å²) in [6.45, 7) is 7.96. The topological polar surface area (TPSA) is 83.0 Å². The normalized spacial score (nSPS) is 10.7. The van der Waals surface area contributed by atoms with Crippen molar-refractivity contribution in [2.45, 2.75) is 34.2 Å². The Bertz CT molecular complexity index is 581. The first-order chi connectivity index (χ1) is 9.04. The first-order valence-electron chi connectivity index (χ1n) is 6.03. The maximum Gasteiger partial charge on any atom is 0.376 e. The van der Waals surface area contributed by atoms with Gasteiger partial charge in [0.25, 0.3) is 0 Å². The molecule has 2 aromatic heterocycles. The van der Waals surface area contributed by atoms with E-state index in [-0.39, 0.29) is 5.82 Å². The number of esters is 1. The summed E-state index contributed by atoms with van der Waals surface area (Å²) in [5, 5.41) is 11.7. The highest BCUT2D eigenvalue weighted by Crippen LogP contribution is 2.16. The van der Waals surface area contributed by atoms with E-state index in [1.165, 1.54) is 0 Å². The molecule has 0 fully saturated rings. The molecule has 2 aromatic rings. The van der Waals surface area contributed by atoms with Crippen molar-refractivity contribution in [3.05, 3.63) is 28.7 Å². The van der Waals surface area contributed by atoms with Crippen LogP contribution in [0.5, 0.6) is 0 Å². The molecule has 0 atom stereocenters. The van der Waals surface area contributed by atoms with Crippen molar-refractivity contribution in [1.82, 2.24) is 19.9 Å². The molecule has 0 N–H and O–H groups in total. The van der Waals surface area contributed by atoms with Crippen molar-refractivity contribution in [3.63, 3.8) is 0 Å². The minimum Gasteiger partial charge on any atom is -0.460 e. The predicted molar refractivity (Wildman–Crippen MR) is 65.8 cm³/mol. The largest absolute Gasteiger partial charge is 0.460 e. The van der Waals surface area contributed by atoms with Crippen LogP contribution in [0.3, 0.4) is 0 Å². The molecule has 0 amide bonds. The van der Waals surface area contributed by atoms with Crippen LogP contribution in [0.25, 0.3) is 0 Å². The molecule has 0 saturated carbocycles. The van der Waals surface area contributed by atoms with Gasteiger partial charge < -0.3 is 13.8 Å². The summed E-state index contributed by atoms with van der Waals surface area (Å²) in [7, 11) is 0. The van der Waals surface area contributed by atoms with Crippen molar-refractivity contribution in [2.24, 2.45) is 0 Å². The molecule has 0 radical (unpaired) electrons. The van der Waals surface area contributed by atoms with Gasteiger partial charge in [0.1, 0.15) is 11.6 Å². The van der Waals surface area contributed by atoms with Gasteiger partial charge in [-0.1, -0.05) is 5.16 Å². The quantitative estimate of drug-likeness (QED) is 0.776. The van der Waals surface area contributed by atoms with E-state index >= 15 is 0 Å². The fourth-order valence-corrected chi connectivity index (χ4v) is 1.80. The maximum absolute atomic E-state index is 11.8. The summed E-state index contributed by atoms with van der Waals surface area (Å²) in [6, 6.07) is 0. The van der Waals surface area contributed by atoms with E-state index in [4.69, 9.17) is 9.26 Å². The zero-order chi connectivity index (χ0) is 14.0. The van der Waals surface area contributed by atoms with Crippen LogP contribution < -0.4 is 0 Å². The van der Waals surface area contributed by atoms with Crippen LogP contribution in [0.1, 0.15) is 40.4 Å². The Kier molecular flexibility index (Phi) is 3.64. The number of nitrogens with zero attached hydrogens (tertiary/aromatic N) is 4. The van der Waals surface area contributed by atoms with E-state index in [0.29, 0.717) is 19.0 Å². The van der Waals surface area contributed by atoms with Crippen molar-refractivity contribution < 1.29 is 14.1 Å².